The Labute approximate surface area is 159 Å². The van der Waals surface area contributed by atoms with Crippen LogP contribution in [0.2, 0.25) is 10.0 Å². The van der Waals surface area contributed by atoms with Gasteiger partial charge >= 0.3 is 5.97 Å². The number of nitrogens with one attached hydrogen (secondary N) is 2. The minimum absolute atomic E-state index is 0.0733. The quantitative estimate of drug-likeness (QED) is 0.698. The number of hydrogen-bond donors (Lipinski definition) is 2. The van der Waals surface area contributed by atoms with Crippen molar-refractivity contribution in [3.05, 3.63) is 58.0 Å². The van der Waals surface area contributed by atoms with Crippen molar-refractivity contribution in [2.45, 2.75) is 13.0 Å². The predicted octanol–water partition coefficient (Wildman–Crippen LogP) is 2.74. The maximum atomic E-state index is 11.9. The Kier molecular flexibility index (Phi) is 7.06. The van der Waals surface area contributed by atoms with Crippen molar-refractivity contribution in [3.8, 4) is 0 Å². The Balaban J connectivity index is 1.73. The van der Waals surface area contributed by atoms with Gasteiger partial charge < -0.3 is 19.8 Å². The number of furan rings is 1. The van der Waals surface area contributed by atoms with Gasteiger partial charge in [0, 0.05) is 10.0 Å². The van der Waals surface area contributed by atoms with Gasteiger partial charge in [0.15, 0.2) is 12.4 Å². The third-order valence-electron chi connectivity index (χ3n) is 3.31. The van der Waals surface area contributed by atoms with Crippen LogP contribution in [-0.2, 0) is 14.3 Å². The fourth-order valence-corrected chi connectivity index (χ4v) is 2.63. The lowest BCUT2D eigenvalue weighted by atomic mass is 10.1. The molecule has 0 saturated carbocycles. The average Bonchev–Trinajstić information content (AvgIpc) is 3.12. The number of amides is 2. The number of benzene rings is 1. The first kappa shape index (κ1) is 19.8. The van der Waals surface area contributed by atoms with Crippen molar-refractivity contribution in [1.29, 1.82) is 0 Å². The van der Waals surface area contributed by atoms with Crippen molar-refractivity contribution < 1.29 is 23.5 Å². The highest BCUT2D eigenvalue weighted by atomic mass is 35.5. The molecule has 9 heteroatoms. The number of halogens is 2. The Morgan fingerprint density at radius 2 is 2.00 bits per heavy atom. The Bertz CT molecular complexity index is 792. The normalized spacial score (nSPS) is 11.5. The maximum absolute atomic E-state index is 11.9. The second kappa shape index (κ2) is 9.26. The summed E-state index contributed by atoms with van der Waals surface area (Å²) in [5.41, 5.74) is 0.682. The highest BCUT2D eigenvalue weighted by Gasteiger charge is 2.15. The number of hydrogen-bond acceptors (Lipinski definition) is 5. The molecule has 0 aliphatic rings. The molecule has 26 heavy (non-hydrogen) atoms. The fourth-order valence-electron chi connectivity index (χ4n) is 2.06. The van der Waals surface area contributed by atoms with E-state index in [1.54, 1.807) is 31.2 Å². The molecule has 7 nitrogen and oxygen atoms in total. The zero-order chi connectivity index (χ0) is 19.1. The molecule has 0 bridgehead atoms. The number of esters is 1. The van der Waals surface area contributed by atoms with Crippen molar-refractivity contribution in [2.75, 3.05) is 13.2 Å². The van der Waals surface area contributed by atoms with Gasteiger partial charge in [-0.15, -0.1) is 0 Å². The van der Waals surface area contributed by atoms with Crippen molar-refractivity contribution in [3.63, 3.8) is 0 Å². The lowest BCUT2D eigenvalue weighted by molar-refractivity contribution is -0.147. The molecule has 0 aliphatic carbocycles. The second-order valence-corrected chi connectivity index (χ2v) is 6.12. The van der Waals surface area contributed by atoms with Crippen LogP contribution >= 0.6 is 23.2 Å². The van der Waals surface area contributed by atoms with Crippen molar-refractivity contribution in [1.82, 2.24) is 10.6 Å². The van der Waals surface area contributed by atoms with Crippen LogP contribution in [0, 0.1) is 0 Å². The van der Waals surface area contributed by atoms with Crippen LogP contribution in [0.15, 0.2) is 41.0 Å². The number of ether oxygens (including phenoxy) is 1. The predicted molar refractivity (Wildman–Crippen MR) is 95.0 cm³/mol. The molecule has 0 spiro atoms. The molecule has 0 fully saturated rings. The van der Waals surface area contributed by atoms with E-state index in [1.807, 2.05) is 0 Å². The first-order valence-corrected chi connectivity index (χ1v) is 8.34. The van der Waals surface area contributed by atoms with E-state index < -0.39 is 30.4 Å². The number of rotatable bonds is 7. The topological polar surface area (TPSA) is 97.6 Å². The monoisotopic (exact) mass is 398 g/mol. The second-order valence-electron chi connectivity index (χ2n) is 5.28. The molecule has 1 heterocycles. The summed E-state index contributed by atoms with van der Waals surface area (Å²) in [5.74, 6) is -1.74. The summed E-state index contributed by atoms with van der Waals surface area (Å²) in [4.78, 5) is 35.1. The molecule has 2 aromatic rings. The Morgan fingerprint density at radius 3 is 2.65 bits per heavy atom. The molecular formula is C17H16Cl2N2O5. The van der Waals surface area contributed by atoms with Crippen molar-refractivity contribution in [2.24, 2.45) is 0 Å². The summed E-state index contributed by atoms with van der Waals surface area (Å²) < 4.78 is 9.69. The highest BCUT2D eigenvalue weighted by molar-refractivity contribution is 6.35. The molecule has 2 N–H and O–H groups in total. The highest BCUT2D eigenvalue weighted by Crippen LogP contribution is 2.25. The van der Waals surface area contributed by atoms with Crippen LogP contribution in [0.4, 0.5) is 0 Å². The van der Waals surface area contributed by atoms with Gasteiger partial charge in [0.05, 0.1) is 12.3 Å². The van der Waals surface area contributed by atoms with Gasteiger partial charge in [-0.2, -0.15) is 0 Å². The lowest BCUT2D eigenvalue weighted by Crippen LogP contribution is -2.34. The molecule has 0 radical (unpaired) electrons. The molecule has 1 atom stereocenters. The molecule has 0 unspecified atom stereocenters. The van der Waals surface area contributed by atoms with Crippen LogP contribution in [0.5, 0.6) is 0 Å². The van der Waals surface area contributed by atoms with Gasteiger partial charge in [0.1, 0.15) is 6.54 Å². The van der Waals surface area contributed by atoms with E-state index >= 15 is 0 Å². The molecular weight excluding hydrogens is 383 g/mol. The van der Waals surface area contributed by atoms with E-state index in [2.05, 4.69) is 10.6 Å². The molecule has 2 rings (SSSR count). The van der Waals surface area contributed by atoms with E-state index in [9.17, 15) is 14.4 Å². The summed E-state index contributed by atoms with van der Waals surface area (Å²) >= 11 is 11.9. The van der Waals surface area contributed by atoms with Crippen molar-refractivity contribution >= 4 is 41.0 Å². The Morgan fingerprint density at radius 1 is 1.23 bits per heavy atom. The van der Waals surface area contributed by atoms with Crippen LogP contribution in [0.3, 0.4) is 0 Å². The third-order valence-corrected chi connectivity index (χ3v) is 3.87. The summed E-state index contributed by atoms with van der Waals surface area (Å²) in [6.07, 6.45) is 1.34. The number of carbonyl (C=O) groups is 3. The first-order chi connectivity index (χ1) is 12.4. The van der Waals surface area contributed by atoms with Crippen LogP contribution in [0.1, 0.15) is 29.1 Å². The van der Waals surface area contributed by atoms with Gasteiger partial charge in [0.25, 0.3) is 11.8 Å². The molecule has 1 aromatic heterocycles. The third kappa shape index (κ3) is 5.79. The van der Waals surface area contributed by atoms with E-state index in [1.165, 1.54) is 12.3 Å². The minimum Gasteiger partial charge on any atom is -0.459 e. The van der Waals surface area contributed by atoms with E-state index in [4.69, 9.17) is 32.4 Å². The smallest absolute Gasteiger partial charge is 0.325 e. The van der Waals surface area contributed by atoms with Gasteiger partial charge in [-0.3, -0.25) is 14.4 Å². The SMILES string of the molecule is C[C@H](NC(=O)COC(=O)CNC(=O)c1ccco1)c1ccc(Cl)cc1Cl. The molecule has 0 saturated heterocycles. The van der Waals surface area contributed by atoms with Crippen LogP contribution < -0.4 is 10.6 Å². The molecule has 0 aliphatic heterocycles. The minimum atomic E-state index is -0.753. The standard InChI is InChI=1S/C17H16Cl2N2O5/c1-10(12-5-4-11(18)7-13(12)19)21-15(22)9-26-16(23)8-20-17(24)14-3-2-6-25-14/h2-7,10H,8-9H2,1H3,(H,20,24)(H,21,22)/t10-/m0/s1. The zero-order valence-corrected chi connectivity index (χ0v) is 15.3. The fraction of sp³-hybridized carbons (Fsp3) is 0.235. The lowest BCUT2D eigenvalue weighted by Gasteiger charge is -2.16. The van der Waals surface area contributed by atoms with Gasteiger partial charge in [-0.1, -0.05) is 29.3 Å². The summed E-state index contributed by atoms with van der Waals surface area (Å²) in [5, 5.41) is 5.88. The number of carbonyl (C=O) groups excluding carboxylic acids is 3. The van der Waals surface area contributed by atoms with E-state index in [0.29, 0.717) is 15.6 Å². The molecule has 1 aromatic carbocycles. The summed E-state index contributed by atoms with van der Waals surface area (Å²) in [7, 11) is 0. The van der Waals surface area contributed by atoms with Crippen LogP contribution in [-0.4, -0.2) is 30.9 Å². The van der Waals surface area contributed by atoms with Gasteiger partial charge in [-0.05, 0) is 36.8 Å². The van der Waals surface area contributed by atoms with Gasteiger partial charge in [0.2, 0.25) is 0 Å². The first-order valence-electron chi connectivity index (χ1n) is 7.58. The Hall–Kier alpha value is -2.51. The van der Waals surface area contributed by atoms with E-state index in [-0.39, 0.29) is 12.3 Å². The van der Waals surface area contributed by atoms with Gasteiger partial charge in [-0.25, -0.2) is 0 Å². The average molecular weight is 399 g/mol. The van der Waals surface area contributed by atoms with Crippen LogP contribution in [0.25, 0.3) is 0 Å². The largest absolute Gasteiger partial charge is 0.459 e. The molecule has 2 amide bonds. The zero-order valence-electron chi connectivity index (χ0n) is 13.8. The molecule has 138 valence electrons. The maximum Gasteiger partial charge on any atom is 0.325 e. The van der Waals surface area contributed by atoms with E-state index in [0.717, 1.165) is 0 Å². The summed E-state index contributed by atoms with van der Waals surface area (Å²) in [6, 6.07) is 7.54. The summed E-state index contributed by atoms with van der Waals surface area (Å²) in [6.45, 7) is 0.870.